The lowest BCUT2D eigenvalue weighted by atomic mass is 10.1. The number of rotatable bonds is 4. The van der Waals surface area contributed by atoms with E-state index in [2.05, 4.69) is 16.4 Å². The van der Waals surface area contributed by atoms with Gasteiger partial charge in [-0.2, -0.15) is 5.26 Å². The monoisotopic (exact) mass is 253 g/mol. The summed E-state index contributed by atoms with van der Waals surface area (Å²) < 4.78 is 5.30. The Morgan fingerprint density at radius 2 is 2.21 bits per heavy atom. The Morgan fingerprint density at radius 1 is 1.37 bits per heavy atom. The number of nitrogens with one attached hydrogen (secondary N) is 1. The highest BCUT2D eigenvalue weighted by molar-refractivity contribution is 5.58. The van der Waals surface area contributed by atoms with Gasteiger partial charge in [0.05, 0.1) is 12.8 Å². The number of aromatic nitrogens is 1. The van der Waals surface area contributed by atoms with Crippen LogP contribution in [0.3, 0.4) is 0 Å². The largest absolute Gasteiger partial charge is 0.495 e. The molecule has 1 aromatic carbocycles. The summed E-state index contributed by atoms with van der Waals surface area (Å²) in [5.74, 6) is 0.785. The van der Waals surface area contributed by atoms with Crippen LogP contribution < -0.4 is 10.1 Å². The first-order valence-electron chi connectivity index (χ1n) is 5.97. The zero-order chi connectivity index (χ0) is 13.7. The highest BCUT2D eigenvalue weighted by Crippen LogP contribution is 2.25. The van der Waals surface area contributed by atoms with Gasteiger partial charge in [-0.1, -0.05) is 12.1 Å². The highest BCUT2D eigenvalue weighted by atomic mass is 16.5. The van der Waals surface area contributed by atoms with Gasteiger partial charge in [0.15, 0.2) is 0 Å². The summed E-state index contributed by atoms with van der Waals surface area (Å²) in [5, 5.41) is 12.3. The fourth-order valence-electron chi connectivity index (χ4n) is 1.83. The fraction of sp³-hybridized carbons (Fsp3) is 0.200. The molecule has 2 rings (SSSR count). The fourth-order valence-corrected chi connectivity index (χ4v) is 1.83. The molecule has 0 saturated carbocycles. The van der Waals surface area contributed by atoms with E-state index in [1.807, 2.05) is 37.3 Å². The topological polar surface area (TPSA) is 57.9 Å². The molecule has 0 bridgehead atoms. The van der Waals surface area contributed by atoms with Crippen molar-refractivity contribution in [3.8, 4) is 11.8 Å². The van der Waals surface area contributed by atoms with Gasteiger partial charge in [0.25, 0.3) is 0 Å². The second kappa shape index (κ2) is 5.87. The first kappa shape index (κ1) is 12.9. The maximum Gasteiger partial charge on any atom is 0.145 e. The third-order valence-electron chi connectivity index (χ3n) is 2.82. The van der Waals surface area contributed by atoms with Gasteiger partial charge in [0, 0.05) is 18.3 Å². The van der Waals surface area contributed by atoms with Crippen molar-refractivity contribution in [2.24, 2.45) is 0 Å². The molecule has 0 aliphatic heterocycles. The molecular formula is C15H15N3O. The standard InChI is InChI=1S/C15H15N3O/c1-11-5-6-15(19-2)13(8-11)18-10-12-4-3-7-17-14(12)9-16/h3-8,18H,10H2,1-2H3. The molecule has 19 heavy (non-hydrogen) atoms. The van der Waals surface area contributed by atoms with E-state index in [1.165, 1.54) is 0 Å². The number of aryl methyl sites for hydroxylation is 1. The Bertz CT molecular complexity index is 617. The number of hydrogen-bond acceptors (Lipinski definition) is 4. The molecule has 2 aromatic rings. The van der Waals surface area contributed by atoms with Gasteiger partial charge in [0.1, 0.15) is 17.5 Å². The molecule has 1 N–H and O–H groups in total. The van der Waals surface area contributed by atoms with Crippen LogP contribution in [0.25, 0.3) is 0 Å². The van der Waals surface area contributed by atoms with Crippen LogP contribution in [0.1, 0.15) is 16.8 Å². The van der Waals surface area contributed by atoms with Gasteiger partial charge in [-0.05, 0) is 30.7 Å². The number of ether oxygens (including phenoxy) is 1. The molecule has 0 aliphatic rings. The highest BCUT2D eigenvalue weighted by Gasteiger charge is 2.05. The van der Waals surface area contributed by atoms with Gasteiger partial charge < -0.3 is 10.1 Å². The molecule has 0 radical (unpaired) electrons. The third kappa shape index (κ3) is 3.02. The zero-order valence-electron chi connectivity index (χ0n) is 11.0. The van der Waals surface area contributed by atoms with Crippen LogP contribution in [0.2, 0.25) is 0 Å². The molecule has 4 heteroatoms. The summed E-state index contributed by atoms with van der Waals surface area (Å²) in [6.07, 6.45) is 1.62. The van der Waals surface area contributed by atoms with Crippen molar-refractivity contribution >= 4 is 5.69 Å². The molecular weight excluding hydrogens is 238 g/mol. The Labute approximate surface area is 112 Å². The van der Waals surface area contributed by atoms with E-state index in [1.54, 1.807) is 13.3 Å². The van der Waals surface area contributed by atoms with E-state index in [0.29, 0.717) is 12.2 Å². The smallest absolute Gasteiger partial charge is 0.145 e. The first-order valence-corrected chi connectivity index (χ1v) is 5.97. The average Bonchev–Trinajstić information content (AvgIpc) is 2.45. The predicted octanol–water partition coefficient (Wildman–Crippen LogP) is 2.88. The van der Waals surface area contributed by atoms with Crippen molar-refractivity contribution in [3.05, 3.63) is 53.3 Å². The molecule has 4 nitrogen and oxygen atoms in total. The van der Waals surface area contributed by atoms with Crippen molar-refractivity contribution in [2.45, 2.75) is 13.5 Å². The second-order valence-corrected chi connectivity index (χ2v) is 4.18. The summed E-state index contributed by atoms with van der Waals surface area (Å²) in [4.78, 5) is 4.04. The first-order chi connectivity index (χ1) is 9.24. The molecule has 0 atom stereocenters. The lowest BCUT2D eigenvalue weighted by molar-refractivity contribution is 0.416. The summed E-state index contributed by atoms with van der Waals surface area (Å²) in [6, 6.07) is 11.7. The Balaban J connectivity index is 2.19. The minimum atomic E-state index is 0.446. The number of benzene rings is 1. The molecule has 0 unspecified atom stereocenters. The number of nitrogens with zero attached hydrogens (tertiary/aromatic N) is 2. The number of methoxy groups -OCH3 is 1. The molecule has 1 heterocycles. The maximum absolute atomic E-state index is 9.00. The minimum Gasteiger partial charge on any atom is -0.495 e. The molecule has 96 valence electrons. The van der Waals surface area contributed by atoms with E-state index in [0.717, 1.165) is 22.6 Å². The molecule has 0 amide bonds. The zero-order valence-corrected chi connectivity index (χ0v) is 11.0. The van der Waals surface area contributed by atoms with Crippen LogP contribution in [0.15, 0.2) is 36.5 Å². The Morgan fingerprint density at radius 3 is 2.95 bits per heavy atom. The van der Waals surface area contributed by atoms with E-state index in [4.69, 9.17) is 10.00 Å². The quantitative estimate of drug-likeness (QED) is 0.910. The maximum atomic E-state index is 9.00. The average molecular weight is 253 g/mol. The lowest BCUT2D eigenvalue weighted by Crippen LogP contribution is -2.04. The van der Waals surface area contributed by atoms with Crippen molar-refractivity contribution in [1.82, 2.24) is 4.98 Å². The minimum absolute atomic E-state index is 0.446. The van der Waals surface area contributed by atoms with Crippen LogP contribution in [-0.2, 0) is 6.54 Å². The SMILES string of the molecule is COc1ccc(C)cc1NCc1cccnc1C#N. The Kier molecular flexibility index (Phi) is 3.99. The van der Waals surface area contributed by atoms with Crippen LogP contribution in [0.5, 0.6) is 5.75 Å². The van der Waals surface area contributed by atoms with E-state index in [9.17, 15) is 0 Å². The van der Waals surface area contributed by atoms with Gasteiger partial charge in [-0.3, -0.25) is 0 Å². The Hall–Kier alpha value is -2.54. The van der Waals surface area contributed by atoms with Crippen LogP contribution >= 0.6 is 0 Å². The van der Waals surface area contributed by atoms with Crippen molar-refractivity contribution in [3.63, 3.8) is 0 Å². The molecule has 1 aromatic heterocycles. The van der Waals surface area contributed by atoms with E-state index < -0.39 is 0 Å². The number of hydrogen-bond donors (Lipinski definition) is 1. The molecule has 0 saturated heterocycles. The van der Waals surface area contributed by atoms with E-state index >= 15 is 0 Å². The van der Waals surface area contributed by atoms with Crippen LogP contribution in [0, 0.1) is 18.3 Å². The lowest BCUT2D eigenvalue weighted by Gasteiger charge is -2.12. The number of pyridine rings is 1. The van der Waals surface area contributed by atoms with Crippen molar-refractivity contribution in [2.75, 3.05) is 12.4 Å². The van der Waals surface area contributed by atoms with Gasteiger partial charge >= 0.3 is 0 Å². The molecule has 0 aliphatic carbocycles. The van der Waals surface area contributed by atoms with Gasteiger partial charge in [-0.15, -0.1) is 0 Å². The number of anilines is 1. The van der Waals surface area contributed by atoms with Crippen LogP contribution in [-0.4, -0.2) is 12.1 Å². The summed E-state index contributed by atoms with van der Waals surface area (Å²) in [5.41, 5.74) is 3.38. The second-order valence-electron chi connectivity index (χ2n) is 4.18. The third-order valence-corrected chi connectivity index (χ3v) is 2.82. The molecule has 0 spiro atoms. The number of nitriles is 1. The molecule has 0 fully saturated rings. The van der Waals surface area contributed by atoms with E-state index in [-0.39, 0.29) is 0 Å². The predicted molar refractivity (Wildman–Crippen MR) is 74.0 cm³/mol. The van der Waals surface area contributed by atoms with Crippen LogP contribution in [0.4, 0.5) is 5.69 Å². The normalized spacial score (nSPS) is 9.74. The summed E-state index contributed by atoms with van der Waals surface area (Å²) in [7, 11) is 1.64. The summed E-state index contributed by atoms with van der Waals surface area (Å²) >= 11 is 0. The van der Waals surface area contributed by atoms with Gasteiger partial charge in [-0.25, -0.2) is 4.98 Å². The van der Waals surface area contributed by atoms with Gasteiger partial charge in [0.2, 0.25) is 0 Å². The van der Waals surface area contributed by atoms with Crippen molar-refractivity contribution < 1.29 is 4.74 Å². The van der Waals surface area contributed by atoms with Crippen molar-refractivity contribution in [1.29, 1.82) is 5.26 Å². The summed E-state index contributed by atoms with van der Waals surface area (Å²) in [6.45, 7) is 2.56.